The van der Waals surface area contributed by atoms with Crippen LogP contribution in [0.2, 0.25) is 0 Å². The second kappa shape index (κ2) is 9.22. The third kappa shape index (κ3) is 5.65. The molecular weight excluding hydrogens is 482 g/mol. The fraction of sp³-hybridized carbons (Fsp3) is 0.381. The van der Waals surface area contributed by atoms with Gasteiger partial charge in [-0.05, 0) is 50.5 Å². The molecule has 0 amide bonds. The number of hydrogen-bond acceptors (Lipinski definition) is 8. The van der Waals surface area contributed by atoms with E-state index in [2.05, 4.69) is 19.5 Å². The minimum atomic E-state index is -4.33. The van der Waals surface area contributed by atoms with E-state index in [1.807, 2.05) is 13.8 Å². The molecule has 34 heavy (non-hydrogen) atoms. The van der Waals surface area contributed by atoms with Gasteiger partial charge in [0.1, 0.15) is 16.2 Å². The first-order valence-corrected chi connectivity index (χ1v) is 13.7. The zero-order valence-electron chi connectivity index (χ0n) is 19.4. The summed E-state index contributed by atoms with van der Waals surface area (Å²) < 4.78 is 56.0. The number of allylic oxidation sites excluding steroid dienone is 1. The number of rotatable bonds is 7. The third-order valence-electron chi connectivity index (χ3n) is 4.76. The molecule has 3 rings (SSSR count). The fourth-order valence-electron chi connectivity index (χ4n) is 3.24. The van der Waals surface area contributed by atoms with Crippen molar-refractivity contribution in [3.05, 3.63) is 45.4 Å². The van der Waals surface area contributed by atoms with Gasteiger partial charge in [-0.3, -0.25) is 9.52 Å². The van der Waals surface area contributed by atoms with Crippen molar-refractivity contribution in [3.8, 4) is 5.75 Å². The fourth-order valence-corrected chi connectivity index (χ4v) is 4.95. The molecule has 11 nitrogen and oxygen atoms in total. The highest BCUT2D eigenvalue weighted by atomic mass is 32.2. The van der Waals surface area contributed by atoms with Crippen LogP contribution in [0.25, 0.3) is 6.08 Å². The maximum Gasteiger partial charge on any atom is 0.286 e. The molecule has 2 aromatic rings. The molecule has 0 aliphatic carbocycles. The maximum atomic E-state index is 13.2. The second-order valence-electron chi connectivity index (χ2n) is 8.67. The van der Waals surface area contributed by atoms with Crippen molar-refractivity contribution >= 4 is 43.3 Å². The Balaban J connectivity index is 2.18. The highest BCUT2D eigenvalue weighted by Crippen LogP contribution is 2.32. The molecule has 0 spiro atoms. The van der Waals surface area contributed by atoms with Crippen LogP contribution in [-0.4, -0.2) is 43.8 Å². The first kappa shape index (κ1) is 25.4. The number of amidine groups is 1. The van der Waals surface area contributed by atoms with Crippen LogP contribution in [0.3, 0.4) is 0 Å². The second-order valence-corrected chi connectivity index (χ2v) is 12.0. The number of sulfonamides is 2. The molecule has 0 bridgehead atoms. The quantitative estimate of drug-likeness (QED) is 0.513. The van der Waals surface area contributed by atoms with Gasteiger partial charge >= 0.3 is 0 Å². The van der Waals surface area contributed by atoms with E-state index in [1.165, 1.54) is 16.8 Å². The normalized spacial score (nSPS) is 14.7. The van der Waals surface area contributed by atoms with Crippen LogP contribution in [0, 0.1) is 5.92 Å². The average Bonchev–Trinajstić information content (AvgIpc) is 2.68. The van der Waals surface area contributed by atoms with Gasteiger partial charge in [-0.15, -0.1) is 4.40 Å². The summed E-state index contributed by atoms with van der Waals surface area (Å²) in [6, 6.07) is 3.84. The molecule has 2 heterocycles. The number of nitrogens with one attached hydrogen (secondary N) is 2. The van der Waals surface area contributed by atoms with Crippen molar-refractivity contribution in [1.82, 2.24) is 9.78 Å². The Morgan fingerprint density at radius 1 is 1.29 bits per heavy atom. The van der Waals surface area contributed by atoms with E-state index in [1.54, 1.807) is 19.9 Å². The largest absolute Gasteiger partial charge is 0.505 e. The highest BCUT2D eigenvalue weighted by Gasteiger charge is 2.30. The summed E-state index contributed by atoms with van der Waals surface area (Å²) in [5, 5.41) is 17.9. The highest BCUT2D eigenvalue weighted by molar-refractivity contribution is 7.92. The third-order valence-corrected chi connectivity index (χ3v) is 6.69. The molecule has 0 fully saturated rings. The smallest absolute Gasteiger partial charge is 0.286 e. The van der Waals surface area contributed by atoms with Gasteiger partial charge in [-0.1, -0.05) is 19.4 Å². The number of benzene rings is 1. The predicted octanol–water partition coefficient (Wildman–Crippen LogP) is 2.35. The summed E-state index contributed by atoms with van der Waals surface area (Å²) in [5.41, 5.74) is 0.0307. The van der Waals surface area contributed by atoms with Crippen molar-refractivity contribution in [3.63, 3.8) is 0 Å². The first-order chi connectivity index (χ1) is 15.7. The SMILES string of the molecule is CC(C)=Cc1nn(CCC(C)C)c(=O)c(C2=NS(=O)(=O)c3cc(NS(C)(=O)=O)ccc3N2)c1O. The zero-order valence-corrected chi connectivity index (χ0v) is 21.1. The average molecular weight is 510 g/mol. The Morgan fingerprint density at radius 3 is 2.56 bits per heavy atom. The molecule has 1 aliphatic rings. The van der Waals surface area contributed by atoms with Crippen molar-refractivity contribution in [2.75, 3.05) is 16.3 Å². The van der Waals surface area contributed by atoms with Crippen molar-refractivity contribution in [2.45, 2.75) is 45.6 Å². The monoisotopic (exact) mass is 509 g/mol. The molecule has 184 valence electrons. The van der Waals surface area contributed by atoms with Crippen LogP contribution in [-0.2, 0) is 26.6 Å². The lowest BCUT2D eigenvalue weighted by Gasteiger charge is -2.20. The molecular formula is C21H27N5O6S2. The van der Waals surface area contributed by atoms with E-state index >= 15 is 0 Å². The van der Waals surface area contributed by atoms with E-state index in [-0.39, 0.29) is 45.8 Å². The lowest BCUT2D eigenvalue weighted by atomic mass is 10.1. The van der Waals surface area contributed by atoms with Crippen molar-refractivity contribution < 1.29 is 21.9 Å². The number of anilines is 2. The van der Waals surface area contributed by atoms with Crippen LogP contribution < -0.4 is 15.6 Å². The van der Waals surface area contributed by atoms with E-state index in [0.29, 0.717) is 6.42 Å². The zero-order chi connectivity index (χ0) is 25.4. The Hall–Kier alpha value is -3.19. The molecule has 13 heteroatoms. The number of aryl methyl sites for hydroxylation is 1. The number of aromatic nitrogens is 2. The van der Waals surface area contributed by atoms with E-state index in [0.717, 1.165) is 17.9 Å². The minimum Gasteiger partial charge on any atom is -0.505 e. The summed E-state index contributed by atoms with van der Waals surface area (Å²) in [5.74, 6) is -0.555. The minimum absolute atomic E-state index is 0.0407. The number of nitrogens with zero attached hydrogens (tertiary/aromatic N) is 3. The van der Waals surface area contributed by atoms with Gasteiger partial charge in [0, 0.05) is 12.2 Å². The van der Waals surface area contributed by atoms with Gasteiger partial charge in [0.2, 0.25) is 10.0 Å². The topological polar surface area (TPSA) is 160 Å². The molecule has 0 atom stereocenters. The first-order valence-electron chi connectivity index (χ1n) is 10.4. The van der Waals surface area contributed by atoms with Gasteiger partial charge in [-0.25, -0.2) is 13.1 Å². The Labute approximate surface area is 198 Å². The van der Waals surface area contributed by atoms with Crippen LogP contribution >= 0.6 is 0 Å². The van der Waals surface area contributed by atoms with Gasteiger partial charge in [0.15, 0.2) is 11.6 Å². The lowest BCUT2D eigenvalue weighted by Crippen LogP contribution is -2.34. The Bertz CT molecular complexity index is 1470. The van der Waals surface area contributed by atoms with Crippen LogP contribution in [0.15, 0.2) is 37.9 Å². The summed E-state index contributed by atoms with van der Waals surface area (Å²) in [7, 11) is -7.96. The standard InChI is InChI=1S/C21H27N5O6S2/c1-12(2)8-9-26-21(28)18(19(27)16(23-26)10-13(3)4)20-22-15-7-6-14(24-33(5,29)30)11-17(15)34(31,32)25-20/h6-7,10-12,24,27H,8-9H2,1-5H3,(H,22,25). The summed E-state index contributed by atoms with van der Waals surface area (Å²) in [4.78, 5) is 12.9. The lowest BCUT2D eigenvalue weighted by molar-refractivity contribution is 0.438. The molecule has 0 saturated heterocycles. The van der Waals surface area contributed by atoms with Crippen molar-refractivity contribution in [2.24, 2.45) is 10.3 Å². The predicted molar refractivity (Wildman–Crippen MR) is 131 cm³/mol. The molecule has 1 aliphatic heterocycles. The maximum absolute atomic E-state index is 13.2. The van der Waals surface area contributed by atoms with E-state index in [9.17, 15) is 26.7 Å². The molecule has 0 unspecified atom stereocenters. The van der Waals surface area contributed by atoms with E-state index < -0.39 is 31.4 Å². The summed E-state index contributed by atoms with van der Waals surface area (Å²) >= 11 is 0. The number of fused-ring (bicyclic) bond motifs is 1. The summed E-state index contributed by atoms with van der Waals surface area (Å²) in [6.07, 6.45) is 3.16. The number of aromatic hydroxyl groups is 1. The summed E-state index contributed by atoms with van der Waals surface area (Å²) in [6.45, 7) is 7.84. The van der Waals surface area contributed by atoms with Crippen LogP contribution in [0.4, 0.5) is 11.4 Å². The van der Waals surface area contributed by atoms with Crippen LogP contribution in [0.5, 0.6) is 5.75 Å². The number of hydrogen-bond donors (Lipinski definition) is 3. The van der Waals surface area contributed by atoms with Gasteiger partial charge in [-0.2, -0.15) is 13.5 Å². The Morgan fingerprint density at radius 2 is 1.97 bits per heavy atom. The molecule has 0 saturated carbocycles. The van der Waals surface area contributed by atoms with Crippen molar-refractivity contribution in [1.29, 1.82) is 0 Å². The van der Waals surface area contributed by atoms with Gasteiger partial charge in [0.25, 0.3) is 15.6 Å². The van der Waals surface area contributed by atoms with E-state index in [4.69, 9.17) is 0 Å². The molecule has 0 radical (unpaired) electrons. The van der Waals surface area contributed by atoms with Crippen LogP contribution in [0.1, 0.15) is 45.4 Å². The molecule has 1 aromatic heterocycles. The molecule has 3 N–H and O–H groups in total. The van der Waals surface area contributed by atoms with Gasteiger partial charge in [0.05, 0.1) is 11.9 Å². The molecule has 1 aromatic carbocycles. The Kier molecular flexibility index (Phi) is 6.90. The van der Waals surface area contributed by atoms with Gasteiger partial charge < -0.3 is 10.4 Å².